The number of rotatable bonds is 1. The summed E-state index contributed by atoms with van der Waals surface area (Å²) in [6.07, 6.45) is 0. The molecule has 6 aromatic rings. The maximum Gasteiger partial charge on any atom is 0.197 e. The van der Waals surface area contributed by atoms with Gasteiger partial charge in [-0.05, 0) is 47.5 Å². The van der Waals surface area contributed by atoms with Gasteiger partial charge in [-0.15, -0.1) is 0 Å². The van der Waals surface area contributed by atoms with E-state index in [2.05, 4.69) is 0 Å². The second-order valence-corrected chi connectivity index (χ2v) is 8.28. The highest BCUT2D eigenvalue weighted by Crippen LogP contribution is 2.27. The van der Waals surface area contributed by atoms with E-state index in [0.717, 1.165) is 33.2 Å². The number of aromatic nitrogens is 2. The number of fused-ring (bicyclic) bond motifs is 4. The van der Waals surface area contributed by atoms with E-state index in [9.17, 15) is 9.59 Å². The van der Waals surface area contributed by atoms with Crippen molar-refractivity contribution in [1.82, 2.24) is 9.13 Å². The van der Waals surface area contributed by atoms with Crippen LogP contribution in [0.15, 0.2) is 94.5 Å². The number of pyridine rings is 2. The van der Waals surface area contributed by atoms with Gasteiger partial charge in [-0.3, -0.25) is 9.59 Å². The Morgan fingerprint density at radius 3 is 1.69 bits per heavy atom. The quantitative estimate of drug-likeness (QED) is 0.339. The monoisotopic (exact) mass is 416 g/mol. The maximum atomic E-state index is 13.6. The van der Waals surface area contributed by atoms with Crippen LogP contribution >= 0.6 is 0 Å². The van der Waals surface area contributed by atoms with Gasteiger partial charge in [-0.1, -0.05) is 48.5 Å². The number of hydrogen-bond donors (Lipinski definition) is 0. The molecule has 0 N–H and O–H groups in total. The van der Waals surface area contributed by atoms with E-state index < -0.39 is 0 Å². The van der Waals surface area contributed by atoms with Gasteiger partial charge in [0.05, 0.1) is 22.1 Å². The molecule has 154 valence electrons. The molecule has 0 atom stereocenters. The molecule has 2 heterocycles. The number of aryl methyl sites for hydroxylation is 2. The summed E-state index contributed by atoms with van der Waals surface area (Å²) in [4.78, 5) is 26.9. The van der Waals surface area contributed by atoms with E-state index in [0.29, 0.717) is 21.5 Å². The summed E-state index contributed by atoms with van der Waals surface area (Å²) in [5.41, 5.74) is 5.27. The first kappa shape index (κ1) is 18.6. The van der Waals surface area contributed by atoms with Crippen molar-refractivity contribution in [3.63, 3.8) is 0 Å². The fourth-order valence-corrected chi connectivity index (χ4v) is 4.82. The molecule has 0 saturated carbocycles. The van der Waals surface area contributed by atoms with Crippen LogP contribution in [-0.4, -0.2) is 9.13 Å². The molecule has 0 aliphatic carbocycles. The van der Waals surface area contributed by atoms with E-state index in [1.807, 2.05) is 108 Å². The molecule has 32 heavy (non-hydrogen) atoms. The predicted molar refractivity (Wildman–Crippen MR) is 132 cm³/mol. The van der Waals surface area contributed by atoms with Crippen LogP contribution in [0.3, 0.4) is 0 Å². The maximum absolute atomic E-state index is 13.6. The molecule has 0 amide bonds. The first-order valence-corrected chi connectivity index (χ1v) is 10.6. The summed E-state index contributed by atoms with van der Waals surface area (Å²) in [7, 11) is 3.89. The van der Waals surface area contributed by atoms with Crippen LogP contribution < -0.4 is 10.9 Å². The topological polar surface area (TPSA) is 44.0 Å². The van der Waals surface area contributed by atoms with E-state index in [1.54, 1.807) is 0 Å². The first-order valence-electron chi connectivity index (χ1n) is 10.6. The average Bonchev–Trinajstić information content (AvgIpc) is 2.85. The molecule has 0 fully saturated rings. The van der Waals surface area contributed by atoms with Crippen molar-refractivity contribution in [2.45, 2.75) is 0 Å². The first-order chi connectivity index (χ1) is 15.5. The van der Waals surface area contributed by atoms with Crippen molar-refractivity contribution in [1.29, 1.82) is 0 Å². The Morgan fingerprint density at radius 1 is 0.469 bits per heavy atom. The van der Waals surface area contributed by atoms with Gasteiger partial charge in [-0.25, -0.2) is 0 Å². The van der Waals surface area contributed by atoms with Crippen molar-refractivity contribution in [2.24, 2.45) is 14.1 Å². The van der Waals surface area contributed by atoms with Crippen molar-refractivity contribution < 1.29 is 0 Å². The largest absolute Gasteiger partial charge is 0.343 e. The van der Waals surface area contributed by atoms with Crippen LogP contribution in [0.1, 0.15) is 0 Å². The van der Waals surface area contributed by atoms with E-state index in [-0.39, 0.29) is 10.9 Å². The van der Waals surface area contributed by atoms with Gasteiger partial charge in [0.2, 0.25) is 0 Å². The summed E-state index contributed by atoms with van der Waals surface area (Å²) in [6.45, 7) is 0. The van der Waals surface area contributed by atoms with Crippen LogP contribution in [0.5, 0.6) is 0 Å². The smallest absolute Gasteiger partial charge is 0.197 e. The van der Waals surface area contributed by atoms with Gasteiger partial charge in [0.1, 0.15) is 0 Å². The molecule has 4 heteroatoms. The lowest BCUT2D eigenvalue weighted by molar-refractivity contribution is 0.994. The van der Waals surface area contributed by atoms with Crippen LogP contribution in [-0.2, 0) is 14.1 Å². The fraction of sp³-hybridized carbons (Fsp3) is 0.0714. The van der Waals surface area contributed by atoms with E-state index >= 15 is 0 Å². The predicted octanol–water partition coefficient (Wildman–Crippen LogP) is 5.36. The average molecular weight is 416 g/mol. The lowest BCUT2D eigenvalue weighted by atomic mass is 10.0. The highest BCUT2D eigenvalue weighted by atomic mass is 16.1. The van der Waals surface area contributed by atoms with Crippen molar-refractivity contribution in [3.8, 4) is 11.1 Å². The van der Waals surface area contributed by atoms with Crippen molar-refractivity contribution in [3.05, 3.63) is 105 Å². The molecule has 0 aliphatic heterocycles. The third-order valence-corrected chi connectivity index (χ3v) is 6.55. The Hall–Kier alpha value is -4.18. The zero-order chi connectivity index (χ0) is 22.0. The van der Waals surface area contributed by atoms with Gasteiger partial charge < -0.3 is 9.13 Å². The zero-order valence-corrected chi connectivity index (χ0v) is 17.8. The SMILES string of the molecule is Cn1c2ccccc2c(=O)c2cc3c(cc21)c(=O)c1cc(-c2ccccc2)ccc1n3C. The molecule has 0 aliphatic rings. The van der Waals surface area contributed by atoms with Crippen LogP contribution in [0, 0.1) is 0 Å². The van der Waals surface area contributed by atoms with Gasteiger partial charge in [-0.2, -0.15) is 0 Å². The number of hydrogen-bond acceptors (Lipinski definition) is 2. The standard InChI is InChI=1S/C28H20N2O2/c1-29-23-11-7-6-10-19(23)27(31)21-15-26-22(16-25(21)29)28(32)20-14-18(12-13-24(20)30(26)2)17-8-4-3-5-9-17/h3-16H,1-2H3. The molecule has 0 bridgehead atoms. The van der Waals surface area contributed by atoms with E-state index in [1.165, 1.54) is 0 Å². The minimum Gasteiger partial charge on any atom is -0.343 e. The molecule has 0 radical (unpaired) electrons. The van der Waals surface area contributed by atoms with Crippen LogP contribution in [0.25, 0.3) is 54.7 Å². The molecule has 2 aromatic heterocycles. The highest BCUT2D eigenvalue weighted by Gasteiger charge is 2.15. The highest BCUT2D eigenvalue weighted by molar-refractivity contribution is 6.04. The Morgan fingerprint density at radius 2 is 1.00 bits per heavy atom. The van der Waals surface area contributed by atoms with E-state index in [4.69, 9.17) is 0 Å². The molecule has 0 unspecified atom stereocenters. The Balaban J connectivity index is 1.76. The number of nitrogens with zero attached hydrogens (tertiary/aromatic N) is 2. The number of benzene rings is 4. The Labute approximate surface area is 183 Å². The summed E-state index contributed by atoms with van der Waals surface area (Å²) in [6, 6.07) is 27.4. The lowest BCUT2D eigenvalue weighted by Gasteiger charge is -2.15. The Bertz CT molecular complexity index is 1830. The van der Waals surface area contributed by atoms with Crippen LogP contribution in [0.4, 0.5) is 0 Å². The van der Waals surface area contributed by atoms with Gasteiger partial charge in [0.15, 0.2) is 10.9 Å². The summed E-state index contributed by atoms with van der Waals surface area (Å²) >= 11 is 0. The van der Waals surface area contributed by atoms with Gasteiger partial charge >= 0.3 is 0 Å². The number of para-hydroxylation sites is 1. The summed E-state index contributed by atoms with van der Waals surface area (Å²) < 4.78 is 4.00. The summed E-state index contributed by atoms with van der Waals surface area (Å²) in [5, 5.41) is 2.59. The molecule has 6 rings (SSSR count). The molecule has 4 nitrogen and oxygen atoms in total. The minimum atomic E-state index is -0.0200. The third-order valence-electron chi connectivity index (χ3n) is 6.55. The molecular formula is C28H20N2O2. The summed E-state index contributed by atoms with van der Waals surface area (Å²) in [5.74, 6) is 0. The third kappa shape index (κ3) is 2.50. The fourth-order valence-electron chi connectivity index (χ4n) is 4.82. The van der Waals surface area contributed by atoms with Crippen molar-refractivity contribution >= 4 is 43.6 Å². The lowest BCUT2D eigenvalue weighted by Crippen LogP contribution is -2.13. The minimum absolute atomic E-state index is 0.0115. The second kappa shape index (κ2) is 6.66. The Kier molecular flexibility index (Phi) is 3.87. The molecule has 4 aromatic carbocycles. The van der Waals surface area contributed by atoms with Gasteiger partial charge in [0.25, 0.3) is 0 Å². The molecule has 0 spiro atoms. The zero-order valence-electron chi connectivity index (χ0n) is 17.8. The normalized spacial score (nSPS) is 11.7. The molecule has 0 saturated heterocycles. The van der Waals surface area contributed by atoms with Crippen LogP contribution in [0.2, 0.25) is 0 Å². The van der Waals surface area contributed by atoms with Crippen molar-refractivity contribution in [2.75, 3.05) is 0 Å². The molecular weight excluding hydrogens is 396 g/mol. The second-order valence-electron chi connectivity index (χ2n) is 8.28. The van der Waals surface area contributed by atoms with Gasteiger partial charge in [0, 0.05) is 35.6 Å².